The van der Waals surface area contributed by atoms with Gasteiger partial charge in [-0.25, -0.2) is 4.99 Å². The third-order valence-electron chi connectivity index (χ3n) is 6.77. The van der Waals surface area contributed by atoms with Gasteiger partial charge in [0.1, 0.15) is 6.04 Å². The molecule has 2 fully saturated rings. The summed E-state index contributed by atoms with van der Waals surface area (Å²) >= 11 is 0. The second-order valence-electron chi connectivity index (χ2n) is 9.73. The van der Waals surface area contributed by atoms with Crippen LogP contribution < -0.4 is 16.4 Å². The molecule has 0 aromatic heterocycles. The average molecular weight is 519 g/mol. The summed E-state index contributed by atoms with van der Waals surface area (Å²) in [7, 11) is 0. The van der Waals surface area contributed by atoms with Gasteiger partial charge in [0.25, 0.3) is 5.91 Å². The molecule has 10 heteroatoms. The van der Waals surface area contributed by atoms with Crippen molar-refractivity contribution in [2.45, 2.75) is 45.1 Å². The van der Waals surface area contributed by atoms with Crippen LogP contribution in [0.15, 0.2) is 53.5 Å². The average Bonchev–Trinajstić information content (AvgIpc) is 3.39. The van der Waals surface area contributed by atoms with Crippen molar-refractivity contribution < 1.29 is 19.2 Å². The van der Waals surface area contributed by atoms with Crippen molar-refractivity contribution >= 4 is 35.3 Å². The van der Waals surface area contributed by atoms with Crippen LogP contribution in [-0.2, 0) is 9.59 Å². The zero-order chi connectivity index (χ0) is 27.1. The summed E-state index contributed by atoms with van der Waals surface area (Å²) in [5.41, 5.74) is 7.61. The molecule has 4 N–H and O–H groups in total. The largest absolute Gasteiger partial charge is 0.366 e. The Bertz CT molecular complexity index is 1220. The zero-order valence-electron chi connectivity index (χ0n) is 21.6. The number of carbonyl (C=O) groups excluding carboxylic acids is 4. The van der Waals surface area contributed by atoms with Crippen LogP contribution in [0.25, 0.3) is 0 Å². The molecule has 0 radical (unpaired) electrons. The molecule has 0 aliphatic carbocycles. The van der Waals surface area contributed by atoms with E-state index in [1.165, 1.54) is 24.3 Å². The van der Waals surface area contributed by atoms with Gasteiger partial charge in [0.15, 0.2) is 0 Å². The number of guanidine groups is 1. The third kappa shape index (κ3) is 6.96. The van der Waals surface area contributed by atoms with E-state index in [-0.39, 0.29) is 24.3 Å². The number of aryl methyl sites for hydroxylation is 1. The molecule has 2 heterocycles. The molecule has 2 aromatic rings. The highest BCUT2D eigenvalue weighted by molar-refractivity contribution is 6.10. The summed E-state index contributed by atoms with van der Waals surface area (Å²) in [6, 6.07) is 12.8. The summed E-state index contributed by atoms with van der Waals surface area (Å²) in [5, 5.41) is 5.91. The Hall–Kier alpha value is -4.21. The van der Waals surface area contributed by atoms with E-state index >= 15 is 0 Å². The molecule has 2 aliphatic rings. The second-order valence-corrected chi connectivity index (χ2v) is 9.73. The number of nitrogens with one attached hydrogen (secondary N) is 2. The van der Waals surface area contributed by atoms with E-state index in [1.807, 2.05) is 36.1 Å². The molecule has 200 valence electrons. The summed E-state index contributed by atoms with van der Waals surface area (Å²) in [6.45, 7) is 3.97. The number of primary amides is 1. The maximum atomic E-state index is 13.5. The molecule has 0 bridgehead atoms. The molecule has 2 aromatic carbocycles. The quantitative estimate of drug-likeness (QED) is 0.398. The predicted molar refractivity (Wildman–Crippen MR) is 145 cm³/mol. The Morgan fingerprint density at radius 1 is 0.974 bits per heavy atom. The van der Waals surface area contributed by atoms with Crippen LogP contribution >= 0.6 is 0 Å². The standard InChI is InChI=1S/C28H34N6O4/c1-19-7-6-8-22(17-19)30-28(32-26(37)21-12-10-20(11-13-21)25(29)36)31-23-9-2-3-16-34(27(23)38)18-24(35)33-14-4-5-15-33/h6-8,10-13,17,23H,2-5,9,14-16,18H2,1H3,(H2,29,36)(H2,30,31,32,37). The van der Waals surface area contributed by atoms with Gasteiger partial charge in [0, 0.05) is 36.4 Å². The highest BCUT2D eigenvalue weighted by Gasteiger charge is 2.30. The maximum Gasteiger partial charge on any atom is 0.257 e. The number of likely N-dealkylation sites (tertiary alicyclic amines) is 2. The van der Waals surface area contributed by atoms with Gasteiger partial charge >= 0.3 is 0 Å². The Morgan fingerprint density at radius 2 is 1.66 bits per heavy atom. The molecule has 10 nitrogen and oxygen atoms in total. The smallest absolute Gasteiger partial charge is 0.257 e. The minimum atomic E-state index is -0.742. The van der Waals surface area contributed by atoms with Gasteiger partial charge in [0.2, 0.25) is 23.7 Å². The molecule has 1 unspecified atom stereocenters. The van der Waals surface area contributed by atoms with E-state index in [2.05, 4.69) is 15.6 Å². The van der Waals surface area contributed by atoms with Gasteiger partial charge in [-0.3, -0.25) is 24.5 Å². The molecule has 2 saturated heterocycles. The molecule has 0 spiro atoms. The summed E-state index contributed by atoms with van der Waals surface area (Å²) < 4.78 is 0. The first-order chi connectivity index (χ1) is 18.3. The van der Waals surface area contributed by atoms with Gasteiger partial charge in [-0.05, 0) is 81.0 Å². The maximum absolute atomic E-state index is 13.5. The van der Waals surface area contributed by atoms with Crippen molar-refractivity contribution in [2.75, 3.05) is 31.5 Å². The highest BCUT2D eigenvalue weighted by Crippen LogP contribution is 2.18. The van der Waals surface area contributed by atoms with E-state index in [1.54, 1.807) is 4.90 Å². The predicted octanol–water partition coefficient (Wildman–Crippen LogP) is 2.30. The number of benzene rings is 2. The van der Waals surface area contributed by atoms with E-state index in [0.717, 1.165) is 44.3 Å². The molecule has 4 amide bonds. The number of anilines is 1. The molecule has 38 heavy (non-hydrogen) atoms. The van der Waals surface area contributed by atoms with E-state index in [4.69, 9.17) is 5.73 Å². The van der Waals surface area contributed by atoms with Crippen molar-refractivity contribution in [3.05, 3.63) is 65.2 Å². The molecular weight excluding hydrogens is 484 g/mol. The van der Waals surface area contributed by atoms with Crippen LogP contribution in [0.1, 0.15) is 58.4 Å². The number of hydrogen-bond donors (Lipinski definition) is 3. The van der Waals surface area contributed by atoms with Crippen molar-refractivity contribution in [1.82, 2.24) is 15.1 Å². The van der Waals surface area contributed by atoms with Crippen molar-refractivity contribution in [1.29, 1.82) is 0 Å². The fourth-order valence-corrected chi connectivity index (χ4v) is 4.67. The number of amides is 4. The van der Waals surface area contributed by atoms with Crippen molar-refractivity contribution in [3.8, 4) is 0 Å². The molecule has 4 rings (SSSR count). The number of nitrogens with zero attached hydrogens (tertiary/aromatic N) is 3. The van der Waals surface area contributed by atoms with Crippen LogP contribution in [0.3, 0.4) is 0 Å². The van der Waals surface area contributed by atoms with Crippen molar-refractivity contribution in [3.63, 3.8) is 0 Å². The Kier molecular flexibility index (Phi) is 8.73. The molecule has 1 atom stereocenters. The van der Waals surface area contributed by atoms with E-state index < -0.39 is 17.9 Å². The third-order valence-corrected chi connectivity index (χ3v) is 6.77. The summed E-state index contributed by atoms with van der Waals surface area (Å²) in [5.74, 6) is -1.17. The van der Waals surface area contributed by atoms with Crippen LogP contribution in [0.4, 0.5) is 5.69 Å². The molecule has 2 aliphatic heterocycles. The minimum absolute atomic E-state index is 0.0358. The normalized spacial score (nSPS) is 18.2. The van der Waals surface area contributed by atoms with Crippen LogP contribution in [0.2, 0.25) is 0 Å². The Labute approximate surface area is 222 Å². The number of aliphatic imine (C=N–C) groups is 1. The van der Waals surface area contributed by atoms with Crippen LogP contribution in [0.5, 0.6) is 0 Å². The first-order valence-electron chi connectivity index (χ1n) is 13.0. The fraction of sp³-hybridized carbons (Fsp3) is 0.393. The van der Waals surface area contributed by atoms with Crippen LogP contribution in [0, 0.1) is 6.92 Å². The van der Waals surface area contributed by atoms with Crippen molar-refractivity contribution in [2.24, 2.45) is 10.7 Å². The topological polar surface area (TPSA) is 137 Å². The van der Waals surface area contributed by atoms with Gasteiger partial charge < -0.3 is 20.9 Å². The zero-order valence-corrected chi connectivity index (χ0v) is 21.6. The van der Waals surface area contributed by atoms with E-state index in [0.29, 0.717) is 29.8 Å². The number of rotatable bonds is 6. The van der Waals surface area contributed by atoms with E-state index in [9.17, 15) is 19.2 Å². The van der Waals surface area contributed by atoms with Gasteiger partial charge in [-0.1, -0.05) is 12.1 Å². The van der Waals surface area contributed by atoms with Gasteiger partial charge in [0.05, 0.1) is 6.54 Å². The van der Waals surface area contributed by atoms with Gasteiger partial charge in [-0.2, -0.15) is 0 Å². The van der Waals surface area contributed by atoms with Crippen LogP contribution in [-0.4, -0.2) is 71.6 Å². The second kappa shape index (κ2) is 12.4. The lowest BCUT2D eigenvalue weighted by Gasteiger charge is -2.25. The molecule has 0 saturated carbocycles. The summed E-state index contributed by atoms with van der Waals surface area (Å²) in [4.78, 5) is 58.7. The monoisotopic (exact) mass is 518 g/mol. The highest BCUT2D eigenvalue weighted by atomic mass is 16.2. The Balaban J connectivity index is 1.55. The first kappa shape index (κ1) is 26.8. The Morgan fingerprint density at radius 3 is 2.34 bits per heavy atom. The summed E-state index contributed by atoms with van der Waals surface area (Å²) in [6.07, 6.45) is 4.05. The SMILES string of the molecule is Cc1cccc(NC(=NC2CCCCN(CC(=O)N3CCCC3)C2=O)NC(=O)c2ccc(C(N)=O)cc2)c1. The lowest BCUT2D eigenvalue weighted by molar-refractivity contribution is -0.140. The van der Waals surface area contributed by atoms with Gasteiger partial charge in [-0.15, -0.1) is 0 Å². The molecular formula is C28H34N6O4. The number of hydrogen-bond acceptors (Lipinski definition) is 5. The lowest BCUT2D eigenvalue weighted by atomic mass is 10.1. The first-order valence-corrected chi connectivity index (χ1v) is 13.0. The fourth-order valence-electron chi connectivity index (χ4n) is 4.67. The lowest BCUT2D eigenvalue weighted by Crippen LogP contribution is -2.45. The number of nitrogens with two attached hydrogens (primary N) is 1. The number of carbonyl (C=O) groups is 4. The minimum Gasteiger partial charge on any atom is -0.366 e.